The second kappa shape index (κ2) is 4.96. The molecule has 0 aliphatic rings. The molecule has 0 amide bonds. The maximum atomic E-state index is 6.23. The van der Waals surface area contributed by atoms with E-state index in [1.807, 2.05) is 30.3 Å². The van der Waals surface area contributed by atoms with E-state index in [0.29, 0.717) is 10.7 Å². The number of pyridine rings is 2. The van der Waals surface area contributed by atoms with Crippen LogP contribution in [-0.4, -0.2) is 9.97 Å². The van der Waals surface area contributed by atoms with E-state index in [2.05, 4.69) is 9.97 Å². The topological polar surface area (TPSA) is 51.8 Å². The van der Waals surface area contributed by atoms with Gasteiger partial charge < -0.3 is 5.73 Å². The van der Waals surface area contributed by atoms with E-state index < -0.39 is 0 Å². The minimum atomic E-state index is -0.347. The van der Waals surface area contributed by atoms with Crippen molar-refractivity contribution in [3.63, 3.8) is 0 Å². The Bertz CT molecular complexity index is 727. The molecular formula is C15H12ClN3. The van der Waals surface area contributed by atoms with Gasteiger partial charge in [-0.15, -0.1) is 0 Å². The number of rotatable bonds is 2. The Morgan fingerprint density at radius 1 is 1.00 bits per heavy atom. The predicted molar refractivity (Wildman–Crippen MR) is 77.0 cm³/mol. The molecule has 0 fully saturated rings. The molecule has 2 aromatic heterocycles. The molecule has 3 nitrogen and oxygen atoms in total. The lowest BCUT2D eigenvalue weighted by molar-refractivity contribution is 0.830. The largest absolute Gasteiger partial charge is 0.319 e. The molecule has 4 heteroatoms. The first-order chi connectivity index (χ1) is 9.25. The Balaban J connectivity index is 2.07. The molecule has 3 aromatic rings. The van der Waals surface area contributed by atoms with Crippen LogP contribution in [0, 0.1) is 0 Å². The van der Waals surface area contributed by atoms with Crippen LogP contribution >= 0.6 is 11.6 Å². The third kappa shape index (κ3) is 2.30. The fourth-order valence-electron chi connectivity index (χ4n) is 2.06. The van der Waals surface area contributed by atoms with Gasteiger partial charge in [0.05, 0.1) is 22.3 Å². The van der Waals surface area contributed by atoms with Crippen LogP contribution in [0.3, 0.4) is 0 Å². The van der Waals surface area contributed by atoms with Crippen LogP contribution < -0.4 is 5.73 Å². The highest BCUT2D eigenvalue weighted by Gasteiger charge is 2.14. The van der Waals surface area contributed by atoms with E-state index >= 15 is 0 Å². The summed E-state index contributed by atoms with van der Waals surface area (Å²) in [4.78, 5) is 8.59. The van der Waals surface area contributed by atoms with Gasteiger partial charge in [0.1, 0.15) is 0 Å². The first-order valence-electron chi connectivity index (χ1n) is 5.96. The summed E-state index contributed by atoms with van der Waals surface area (Å²) in [7, 11) is 0. The normalized spacial score (nSPS) is 12.5. The number of nitrogens with zero attached hydrogens (tertiary/aromatic N) is 2. The maximum absolute atomic E-state index is 6.23. The van der Waals surface area contributed by atoms with Gasteiger partial charge in [0.25, 0.3) is 0 Å². The minimum absolute atomic E-state index is 0.347. The van der Waals surface area contributed by atoms with E-state index in [1.54, 1.807) is 24.5 Å². The molecule has 94 valence electrons. The van der Waals surface area contributed by atoms with Crippen molar-refractivity contribution < 1.29 is 0 Å². The van der Waals surface area contributed by atoms with Crippen LogP contribution in [0.5, 0.6) is 0 Å². The highest BCUT2D eigenvalue weighted by molar-refractivity contribution is 6.31. The van der Waals surface area contributed by atoms with Gasteiger partial charge in [0, 0.05) is 17.8 Å². The van der Waals surface area contributed by atoms with Crippen LogP contribution in [0.4, 0.5) is 0 Å². The lowest BCUT2D eigenvalue weighted by Crippen LogP contribution is -2.14. The van der Waals surface area contributed by atoms with Crippen molar-refractivity contribution in [1.29, 1.82) is 0 Å². The third-order valence-corrected chi connectivity index (χ3v) is 3.39. The molecule has 2 N–H and O–H groups in total. The first kappa shape index (κ1) is 12.1. The summed E-state index contributed by atoms with van der Waals surface area (Å²) in [5.41, 5.74) is 8.78. The minimum Gasteiger partial charge on any atom is -0.319 e. The van der Waals surface area contributed by atoms with Gasteiger partial charge in [-0.05, 0) is 29.8 Å². The number of aromatic nitrogens is 2. The zero-order chi connectivity index (χ0) is 13.2. The molecule has 3 rings (SSSR count). The van der Waals surface area contributed by atoms with Crippen molar-refractivity contribution in [2.45, 2.75) is 6.04 Å². The van der Waals surface area contributed by atoms with Gasteiger partial charge in [0.15, 0.2) is 0 Å². The fraction of sp³-hybridized carbons (Fsp3) is 0.0667. The van der Waals surface area contributed by atoms with Crippen LogP contribution in [0.15, 0.2) is 54.9 Å². The zero-order valence-corrected chi connectivity index (χ0v) is 10.9. The van der Waals surface area contributed by atoms with E-state index in [0.717, 1.165) is 16.5 Å². The van der Waals surface area contributed by atoms with Crippen LogP contribution in [0.1, 0.15) is 17.3 Å². The zero-order valence-electron chi connectivity index (χ0n) is 10.1. The Morgan fingerprint density at radius 2 is 1.79 bits per heavy atom. The number of hydrogen-bond acceptors (Lipinski definition) is 3. The highest BCUT2D eigenvalue weighted by atomic mass is 35.5. The summed E-state index contributed by atoms with van der Waals surface area (Å²) in [5, 5.41) is 1.67. The Hall–Kier alpha value is -1.97. The average Bonchev–Trinajstić information content (AvgIpc) is 2.46. The van der Waals surface area contributed by atoms with Crippen molar-refractivity contribution in [3.8, 4) is 0 Å². The smallest absolute Gasteiger partial charge is 0.0802 e. The summed E-state index contributed by atoms with van der Waals surface area (Å²) >= 11 is 6.13. The summed E-state index contributed by atoms with van der Waals surface area (Å²) in [6.45, 7) is 0. The van der Waals surface area contributed by atoms with Crippen molar-refractivity contribution in [1.82, 2.24) is 9.97 Å². The van der Waals surface area contributed by atoms with E-state index in [1.165, 1.54) is 0 Å². The maximum Gasteiger partial charge on any atom is 0.0802 e. The Kier molecular flexibility index (Phi) is 3.15. The van der Waals surface area contributed by atoms with Gasteiger partial charge >= 0.3 is 0 Å². The highest BCUT2D eigenvalue weighted by Crippen LogP contribution is 2.25. The summed E-state index contributed by atoms with van der Waals surface area (Å²) in [6.07, 6.45) is 3.46. The molecule has 0 aliphatic heterocycles. The van der Waals surface area contributed by atoms with Crippen LogP contribution in [0.2, 0.25) is 5.02 Å². The Morgan fingerprint density at radius 3 is 2.63 bits per heavy atom. The SMILES string of the molecule is NC(c1ccc2cccnc2c1)c1ncccc1Cl. The molecule has 0 aliphatic carbocycles. The third-order valence-electron chi connectivity index (χ3n) is 3.07. The number of hydrogen-bond donors (Lipinski definition) is 1. The van der Waals surface area contributed by atoms with Gasteiger partial charge in [-0.1, -0.05) is 29.8 Å². The molecule has 19 heavy (non-hydrogen) atoms. The lowest BCUT2D eigenvalue weighted by Gasteiger charge is -2.13. The number of fused-ring (bicyclic) bond motifs is 1. The van der Waals surface area contributed by atoms with E-state index in [9.17, 15) is 0 Å². The second-order valence-electron chi connectivity index (χ2n) is 4.30. The van der Waals surface area contributed by atoms with Crippen LogP contribution in [-0.2, 0) is 0 Å². The monoisotopic (exact) mass is 269 g/mol. The molecular weight excluding hydrogens is 258 g/mol. The molecule has 1 unspecified atom stereocenters. The average molecular weight is 270 g/mol. The molecule has 0 saturated heterocycles. The van der Waals surface area contributed by atoms with Crippen molar-refractivity contribution >= 4 is 22.5 Å². The molecule has 1 aromatic carbocycles. The molecule has 2 heterocycles. The van der Waals surface area contributed by atoms with Gasteiger partial charge in [0.2, 0.25) is 0 Å². The standard InChI is InChI=1S/C15H12ClN3/c16-12-4-2-8-19-15(12)14(17)11-6-5-10-3-1-7-18-13(10)9-11/h1-9,14H,17H2. The number of benzene rings is 1. The summed E-state index contributed by atoms with van der Waals surface area (Å²) < 4.78 is 0. The summed E-state index contributed by atoms with van der Waals surface area (Å²) in [6, 6.07) is 13.1. The molecule has 1 atom stereocenters. The van der Waals surface area contributed by atoms with Crippen molar-refractivity contribution in [2.75, 3.05) is 0 Å². The fourth-order valence-corrected chi connectivity index (χ4v) is 2.30. The van der Waals surface area contributed by atoms with E-state index in [-0.39, 0.29) is 6.04 Å². The second-order valence-corrected chi connectivity index (χ2v) is 4.71. The first-order valence-corrected chi connectivity index (χ1v) is 6.34. The Labute approximate surface area is 116 Å². The predicted octanol–water partition coefficient (Wildman–Crippen LogP) is 3.33. The van der Waals surface area contributed by atoms with Crippen LogP contribution in [0.25, 0.3) is 10.9 Å². The number of halogens is 1. The molecule has 0 bridgehead atoms. The van der Waals surface area contributed by atoms with Crippen molar-refractivity contribution in [3.05, 3.63) is 71.1 Å². The molecule has 0 radical (unpaired) electrons. The van der Waals surface area contributed by atoms with Crippen molar-refractivity contribution in [2.24, 2.45) is 5.73 Å². The quantitative estimate of drug-likeness (QED) is 0.776. The van der Waals surface area contributed by atoms with Gasteiger partial charge in [-0.2, -0.15) is 0 Å². The number of nitrogens with two attached hydrogens (primary N) is 1. The van der Waals surface area contributed by atoms with Gasteiger partial charge in [-0.25, -0.2) is 0 Å². The molecule has 0 spiro atoms. The lowest BCUT2D eigenvalue weighted by atomic mass is 10.0. The summed E-state index contributed by atoms with van der Waals surface area (Å²) in [5.74, 6) is 0. The van der Waals surface area contributed by atoms with Gasteiger partial charge in [-0.3, -0.25) is 9.97 Å². The van der Waals surface area contributed by atoms with E-state index in [4.69, 9.17) is 17.3 Å². The molecule has 0 saturated carbocycles.